The average Bonchev–Trinajstić information content (AvgIpc) is 2.68. The molecule has 31 heavy (non-hydrogen) atoms. The molecule has 2 amide bonds. The summed E-state index contributed by atoms with van der Waals surface area (Å²) in [5, 5.41) is 6.20. The Kier molecular flexibility index (Phi) is 6.96. The van der Waals surface area contributed by atoms with Gasteiger partial charge in [-0.25, -0.2) is 10.2 Å². The lowest BCUT2D eigenvalue weighted by Gasteiger charge is -2.23. The maximum Gasteiger partial charge on any atom is 0.514 e. The van der Waals surface area contributed by atoms with Crippen LogP contribution in [-0.4, -0.2) is 35.0 Å². The number of amides is 2. The second-order valence-electron chi connectivity index (χ2n) is 7.72. The lowest BCUT2D eigenvalue weighted by atomic mass is 10.2. The molecule has 0 fully saturated rings. The Hall–Kier alpha value is -3.33. The van der Waals surface area contributed by atoms with Gasteiger partial charge in [-0.2, -0.15) is 5.10 Å². The number of rotatable bonds is 5. The predicted octanol–water partition coefficient (Wildman–Crippen LogP) is 3.95. The highest BCUT2D eigenvalue weighted by Gasteiger charge is 2.28. The van der Waals surface area contributed by atoms with Crippen LogP contribution < -0.4 is 15.5 Å². The molecule has 1 aliphatic rings. The first-order valence-corrected chi connectivity index (χ1v) is 10.5. The molecule has 1 aliphatic heterocycles. The number of nitrogens with zero attached hydrogens (tertiary/aromatic N) is 1. The van der Waals surface area contributed by atoms with Crippen LogP contribution in [0.15, 0.2) is 58.5 Å². The zero-order chi connectivity index (χ0) is 22.4. The average molecular weight is 442 g/mol. The van der Waals surface area contributed by atoms with E-state index in [-0.39, 0.29) is 18.2 Å². The van der Waals surface area contributed by atoms with Crippen molar-refractivity contribution < 1.29 is 23.9 Å². The quantitative estimate of drug-likeness (QED) is 0.315. The van der Waals surface area contributed by atoms with Crippen molar-refractivity contribution in [1.29, 1.82) is 0 Å². The maximum absolute atomic E-state index is 12.2. The first-order valence-electron chi connectivity index (χ1n) is 9.59. The number of para-hydroxylation sites is 1. The van der Waals surface area contributed by atoms with E-state index in [1.165, 1.54) is 18.0 Å². The monoisotopic (exact) mass is 441 g/mol. The summed E-state index contributed by atoms with van der Waals surface area (Å²) in [7, 11) is 0. The third-order valence-corrected chi connectivity index (χ3v) is 5.23. The highest BCUT2D eigenvalue weighted by molar-refractivity contribution is 8.01. The number of carbonyl (C=O) groups is 3. The Morgan fingerprint density at radius 2 is 1.87 bits per heavy atom. The summed E-state index contributed by atoms with van der Waals surface area (Å²) in [5.41, 5.74) is 3.24. The van der Waals surface area contributed by atoms with Gasteiger partial charge in [-0.05, 0) is 62.7 Å². The molecular formula is C22H23N3O5S. The molecule has 8 nitrogen and oxygen atoms in total. The Labute approximate surface area is 184 Å². The highest BCUT2D eigenvalue weighted by Crippen LogP contribution is 2.36. The van der Waals surface area contributed by atoms with Crippen LogP contribution in [0.1, 0.15) is 32.8 Å². The van der Waals surface area contributed by atoms with Crippen molar-refractivity contribution in [1.82, 2.24) is 5.43 Å². The van der Waals surface area contributed by atoms with E-state index in [2.05, 4.69) is 15.8 Å². The molecule has 0 saturated heterocycles. The smallest absolute Gasteiger partial charge is 0.428 e. The first kappa shape index (κ1) is 22.4. The van der Waals surface area contributed by atoms with Crippen LogP contribution in [0, 0.1) is 0 Å². The van der Waals surface area contributed by atoms with Crippen LogP contribution in [0.5, 0.6) is 5.75 Å². The Bertz CT molecular complexity index is 999. The molecule has 1 heterocycles. The molecule has 0 aromatic heterocycles. The number of hydrogen-bond acceptors (Lipinski definition) is 7. The van der Waals surface area contributed by atoms with E-state index >= 15 is 0 Å². The summed E-state index contributed by atoms with van der Waals surface area (Å²) in [5.74, 6) is -0.243. The van der Waals surface area contributed by atoms with Crippen LogP contribution >= 0.6 is 11.8 Å². The molecule has 0 aliphatic carbocycles. The number of fused-ring (bicyclic) bond motifs is 1. The third-order valence-electron chi connectivity index (χ3n) is 3.95. The van der Waals surface area contributed by atoms with Crippen molar-refractivity contribution in [3.8, 4) is 5.75 Å². The zero-order valence-corrected chi connectivity index (χ0v) is 18.2. The largest absolute Gasteiger partial charge is 0.514 e. The third kappa shape index (κ3) is 6.85. The van der Waals surface area contributed by atoms with Gasteiger partial charge < -0.3 is 14.8 Å². The van der Waals surface area contributed by atoms with Crippen molar-refractivity contribution in [3.63, 3.8) is 0 Å². The molecule has 1 atom stereocenters. The minimum atomic E-state index is -0.784. The molecule has 1 unspecified atom stereocenters. The van der Waals surface area contributed by atoms with E-state index < -0.39 is 17.0 Å². The van der Waals surface area contributed by atoms with Crippen molar-refractivity contribution in [3.05, 3.63) is 54.1 Å². The molecule has 3 rings (SSSR count). The van der Waals surface area contributed by atoms with Gasteiger partial charge in [-0.3, -0.25) is 9.59 Å². The zero-order valence-electron chi connectivity index (χ0n) is 17.4. The molecule has 0 saturated carbocycles. The molecule has 0 spiro atoms. The number of benzene rings is 2. The van der Waals surface area contributed by atoms with Crippen LogP contribution in [0.3, 0.4) is 0 Å². The number of nitrogens with one attached hydrogen (secondary N) is 2. The summed E-state index contributed by atoms with van der Waals surface area (Å²) in [6.45, 7) is 5.25. The topological polar surface area (TPSA) is 106 Å². The summed E-state index contributed by atoms with van der Waals surface area (Å²) in [6.07, 6.45) is 0.678. The van der Waals surface area contributed by atoms with Gasteiger partial charge in [0.1, 0.15) is 11.4 Å². The lowest BCUT2D eigenvalue weighted by molar-refractivity contribution is -0.124. The molecule has 0 radical (unpaired) electrons. The van der Waals surface area contributed by atoms with Crippen molar-refractivity contribution in [2.75, 3.05) is 5.32 Å². The summed E-state index contributed by atoms with van der Waals surface area (Å²) in [6, 6.07) is 14.0. The number of anilines is 1. The van der Waals surface area contributed by atoms with Gasteiger partial charge in [0.15, 0.2) is 0 Å². The van der Waals surface area contributed by atoms with Gasteiger partial charge in [0.25, 0.3) is 0 Å². The molecule has 2 aromatic rings. The van der Waals surface area contributed by atoms with Crippen LogP contribution in [0.25, 0.3) is 0 Å². The first-order chi connectivity index (χ1) is 14.7. The van der Waals surface area contributed by atoms with Crippen LogP contribution in [0.2, 0.25) is 0 Å². The SMILES string of the molecule is CC(C)(C)OC(=O)Oc1ccc(/C=N/NC(=O)CC2Sc3ccccc3NC2=O)cc1. The molecule has 2 N–H and O–H groups in total. The van der Waals surface area contributed by atoms with E-state index in [9.17, 15) is 14.4 Å². The number of thioether (sulfide) groups is 1. The maximum atomic E-state index is 12.2. The van der Waals surface area contributed by atoms with Gasteiger partial charge in [-0.1, -0.05) is 12.1 Å². The van der Waals surface area contributed by atoms with Crippen LogP contribution in [0.4, 0.5) is 10.5 Å². The second kappa shape index (κ2) is 9.65. The molecule has 9 heteroatoms. The molecular weight excluding hydrogens is 418 g/mol. The minimum absolute atomic E-state index is 0.00480. The number of ether oxygens (including phenoxy) is 2. The Morgan fingerprint density at radius 3 is 2.58 bits per heavy atom. The normalized spacial score (nSPS) is 15.7. The number of hydrazone groups is 1. The van der Waals surface area contributed by atoms with Crippen LogP contribution in [-0.2, 0) is 14.3 Å². The summed E-state index contributed by atoms with van der Waals surface area (Å²) < 4.78 is 10.2. The van der Waals surface area contributed by atoms with E-state index in [1.54, 1.807) is 45.0 Å². The van der Waals surface area contributed by atoms with Gasteiger partial charge in [0.05, 0.1) is 17.2 Å². The van der Waals surface area contributed by atoms with Crippen molar-refractivity contribution in [2.45, 2.75) is 42.9 Å². The van der Waals surface area contributed by atoms with Gasteiger partial charge >= 0.3 is 6.16 Å². The Balaban J connectivity index is 1.47. The van der Waals surface area contributed by atoms with Crippen molar-refractivity contribution >= 4 is 41.6 Å². The Morgan fingerprint density at radius 1 is 1.16 bits per heavy atom. The minimum Gasteiger partial charge on any atom is -0.428 e. The lowest BCUT2D eigenvalue weighted by Crippen LogP contribution is -2.33. The number of carbonyl (C=O) groups excluding carboxylic acids is 3. The van der Waals surface area contributed by atoms with Gasteiger partial charge in [0, 0.05) is 11.3 Å². The highest BCUT2D eigenvalue weighted by atomic mass is 32.2. The fourth-order valence-electron chi connectivity index (χ4n) is 2.61. The number of hydrogen-bond donors (Lipinski definition) is 2. The van der Waals surface area contributed by atoms with E-state index in [0.717, 1.165) is 10.6 Å². The van der Waals surface area contributed by atoms with E-state index in [0.29, 0.717) is 11.3 Å². The molecule has 2 aromatic carbocycles. The van der Waals surface area contributed by atoms with Gasteiger partial charge in [-0.15, -0.1) is 11.8 Å². The fourth-order valence-corrected chi connectivity index (χ4v) is 3.72. The van der Waals surface area contributed by atoms with Crippen molar-refractivity contribution in [2.24, 2.45) is 5.10 Å². The van der Waals surface area contributed by atoms with Gasteiger partial charge in [0.2, 0.25) is 11.8 Å². The predicted molar refractivity (Wildman–Crippen MR) is 118 cm³/mol. The van der Waals surface area contributed by atoms with E-state index in [1.807, 2.05) is 24.3 Å². The summed E-state index contributed by atoms with van der Waals surface area (Å²) >= 11 is 1.36. The molecule has 162 valence electrons. The standard InChI is InChI=1S/C22H23N3O5S/c1-22(2,3)30-21(28)29-15-10-8-14(9-11-15)13-23-25-19(26)12-18-20(27)24-16-6-4-5-7-17(16)31-18/h4-11,13,18H,12H2,1-3H3,(H,24,27)(H,25,26)/b23-13+. The summed E-state index contributed by atoms with van der Waals surface area (Å²) in [4.78, 5) is 36.9. The van der Waals surface area contributed by atoms with E-state index in [4.69, 9.17) is 9.47 Å². The second-order valence-corrected chi connectivity index (χ2v) is 8.97. The molecule has 0 bridgehead atoms. The fraction of sp³-hybridized carbons (Fsp3) is 0.273.